The standard InChI is InChI=1S/C21H45NO2S/c1-15(2)25(16(3)4,17(5)6)14-24-18(23)21(22,20(10,11)12)13-19(7,8)9/h15-17H,13-14,22H2,1-12H3. The van der Waals surface area contributed by atoms with Gasteiger partial charge in [-0.05, 0) is 33.0 Å². The summed E-state index contributed by atoms with van der Waals surface area (Å²) in [5, 5.41) is 1.51. The molecule has 0 aliphatic heterocycles. The van der Waals surface area contributed by atoms with Gasteiger partial charge in [-0.2, -0.15) is 0 Å². The maximum absolute atomic E-state index is 13.2. The summed E-state index contributed by atoms with van der Waals surface area (Å²) in [5.74, 6) is 0.270. The molecule has 0 amide bonds. The van der Waals surface area contributed by atoms with Crippen molar-refractivity contribution in [2.24, 2.45) is 16.6 Å². The Morgan fingerprint density at radius 1 is 0.880 bits per heavy atom. The van der Waals surface area contributed by atoms with Crippen molar-refractivity contribution in [2.45, 2.75) is 111 Å². The second-order valence-electron chi connectivity index (χ2n) is 10.6. The van der Waals surface area contributed by atoms with Gasteiger partial charge >= 0.3 is 5.97 Å². The summed E-state index contributed by atoms with van der Waals surface area (Å²) in [7, 11) is -1.09. The van der Waals surface area contributed by atoms with Crippen molar-refractivity contribution in [3.05, 3.63) is 0 Å². The molecule has 0 fully saturated rings. The van der Waals surface area contributed by atoms with Crippen LogP contribution >= 0.6 is 10.0 Å². The first-order valence-corrected chi connectivity index (χ1v) is 11.6. The van der Waals surface area contributed by atoms with Gasteiger partial charge in [0.1, 0.15) is 11.5 Å². The molecule has 0 saturated carbocycles. The first-order valence-electron chi connectivity index (χ1n) is 9.65. The minimum absolute atomic E-state index is 0.0425. The Kier molecular flexibility index (Phi) is 8.13. The number of hydrogen-bond acceptors (Lipinski definition) is 3. The lowest BCUT2D eigenvalue weighted by Crippen LogP contribution is -2.60. The molecule has 25 heavy (non-hydrogen) atoms. The predicted octanol–water partition coefficient (Wildman–Crippen LogP) is 5.70. The van der Waals surface area contributed by atoms with Crippen LogP contribution in [0.5, 0.6) is 0 Å². The molecule has 0 rings (SSSR count). The highest BCUT2D eigenvalue weighted by Crippen LogP contribution is 2.60. The third-order valence-corrected chi connectivity index (χ3v) is 11.3. The second-order valence-corrected chi connectivity index (χ2v) is 15.4. The molecule has 1 unspecified atom stereocenters. The van der Waals surface area contributed by atoms with Crippen LogP contribution in [-0.4, -0.2) is 33.2 Å². The lowest BCUT2D eigenvalue weighted by Gasteiger charge is -2.51. The Morgan fingerprint density at radius 2 is 1.24 bits per heavy atom. The topological polar surface area (TPSA) is 52.3 Å². The lowest BCUT2D eigenvalue weighted by atomic mass is 9.66. The third kappa shape index (κ3) is 5.63. The summed E-state index contributed by atoms with van der Waals surface area (Å²) >= 11 is 0. The van der Waals surface area contributed by atoms with Crippen molar-refractivity contribution in [3.8, 4) is 0 Å². The quantitative estimate of drug-likeness (QED) is 0.581. The Balaban J connectivity index is 5.65. The van der Waals surface area contributed by atoms with Crippen LogP contribution in [0.3, 0.4) is 0 Å². The summed E-state index contributed by atoms with van der Waals surface area (Å²) in [6.07, 6.45) is 0.607. The van der Waals surface area contributed by atoms with Crippen LogP contribution < -0.4 is 5.73 Å². The number of rotatable bonds is 7. The van der Waals surface area contributed by atoms with Crippen molar-refractivity contribution in [1.29, 1.82) is 0 Å². The minimum atomic E-state index is -1.09. The molecule has 0 bridgehead atoms. The lowest BCUT2D eigenvalue weighted by molar-refractivity contribution is -0.154. The van der Waals surface area contributed by atoms with Crippen molar-refractivity contribution < 1.29 is 9.53 Å². The number of ether oxygens (including phenoxy) is 1. The van der Waals surface area contributed by atoms with Gasteiger partial charge in [0.25, 0.3) is 0 Å². The number of carbonyl (C=O) groups is 1. The maximum atomic E-state index is 13.2. The molecule has 0 spiro atoms. The molecule has 0 aromatic carbocycles. The summed E-state index contributed by atoms with van der Waals surface area (Å²) < 4.78 is 6.00. The van der Waals surface area contributed by atoms with E-state index in [2.05, 4.69) is 62.3 Å². The van der Waals surface area contributed by atoms with Gasteiger partial charge in [0.2, 0.25) is 0 Å². The summed E-state index contributed by atoms with van der Waals surface area (Å²) in [6, 6.07) is 0. The molecule has 0 saturated heterocycles. The monoisotopic (exact) mass is 375 g/mol. The number of esters is 1. The van der Waals surface area contributed by atoms with Crippen LogP contribution in [0, 0.1) is 10.8 Å². The Morgan fingerprint density at radius 3 is 1.48 bits per heavy atom. The van der Waals surface area contributed by atoms with Crippen LogP contribution in [0.15, 0.2) is 0 Å². The zero-order valence-electron chi connectivity index (χ0n) is 18.9. The molecule has 1 atom stereocenters. The first kappa shape index (κ1) is 24.8. The molecule has 0 heterocycles. The highest BCUT2D eigenvalue weighted by Gasteiger charge is 2.49. The van der Waals surface area contributed by atoms with Gasteiger partial charge in [0.15, 0.2) is 0 Å². The number of hydrogen-bond donors (Lipinski definition) is 1. The molecule has 0 aliphatic rings. The van der Waals surface area contributed by atoms with Crippen LogP contribution in [0.25, 0.3) is 0 Å². The average molecular weight is 376 g/mol. The Labute approximate surface area is 159 Å². The summed E-state index contributed by atoms with van der Waals surface area (Å²) in [6.45, 7) is 26.0. The van der Waals surface area contributed by atoms with E-state index in [1.54, 1.807) is 0 Å². The fourth-order valence-corrected chi connectivity index (χ4v) is 8.20. The molecule has 152 valence electrons. The molecule has 0 aromatic rings. The fourth-order valence-electron chi connectivity index (χ4n) is 3.81. The number of carbonyl (C=O) groups excluding carboxylic acids is 1. The molecule has 0 aromatic heterocycles. The normalized spacial score (nSPS) is 17.1. The van der Waals surface area contributed by atoms with Gasteiger partial charge in [0, 0.05) is 0 Å². The van der Waals surface area contributed by atoms with E-state index in [0.29, 0.717) is 28.1 Å². The van der Waals surface area contributed by atoms with E-state index in [4.69, 9.17) is 10.5 Å². The largest absolute Gasteiger partial charge is 0.455 e. The van der Waals surface area contributed by atoms with Crippen molar-refractivity contribution in [2.75, 3.05) is 5.94 Å². The Hall–Kier alpha value is -0.220. The van der Waals surface area contributed by atoms with Crippen molar-refractivity contribution >= 4 is 16.0 Å². The summed E-state index contributed by atoms with van der Waals surface area (Å²) in [4.78, 5) is 13.2. The van der Waals surface area contributed by atoms with Gasteiger partial charge in [-0.3, -0.25) is 4.79 Å². The van der Waals surface area contributed by atoms with E-state index in [9.17, 15) is 4.79 Å². The molecular formula is C21H45NO2S. The number of nitrogens with two attached hydrogens (primary N) is 1. The van der Waals surface area contributed by atoms with Crippen LogP contribution in [0.4, 0.5) is 0 Å². The Bertz CT molecular complexity index is 422. The van der Waals surface area contributed by atoms with Crippen molar-refractivity contribution in [3.63, 3.8) is 0 Å². The zero-order valence-corrected chi connectivity index (χ0v) is 19.8. The van der Waals surface area contributed by atoms with E-state index in [1.165, 1.54) is 0 Å². The van der Waals surface area contributed by atoms with Gasteiger partial charge in [-0.25, -0.2) is 10.0 Å². The maximum Gasteiger partial charge on any atom is 0.327 e. The van der Waals surface area contributed by atoms with Gasteiger partial charge < -0.3 is 10.5 Å². The smallest absolute Gasteiger partial charge is 0.327 e. The predicted molar refractivity (Wildman–Crippen MR) is 114 cm³/mol. The van der Waals surface area contributed by atoms with Gasteiger partial charge in [-0.1, -0.05) is 83.1 Å². The molecule has 2 N–H and O–H groups in total. The first-order chi connectivity index (χ1) is 10.9. The second kappa shape index (κ2) is 8.21. The average Bonchev–Trinajstić information content (AvgIpc) is 2.34. The fraction of sp³-hybridized carbons (Fsp3) is 0.952. The van der Waals surface area contributed by atoms with Crippen LogP contribution in [0.2, 0.25) is 0 Å². The van der Waals surface area contributed by atoms with E-state index in [-0.39, 0.29) is 16.8 Å². The van der Waals surface area contributed by atoms with E-state index < -0.39 is 15.6 Å². The SMILES string of the molecule is CC(C)S(COC(=O)C(N)(CC(C)(C)C)C(C)(C)C)(C(C)C)C(C)C. The van der Waals surface area contributed by atoms with Crippen LogP contribution in [0.1, 0.15) is 89.5 Å². The van der Waals surface area contributed by atoms with Crippen LogP contribution in [-0.2, 0) is 9.53 Å². The van der Waals surface area contributed by atoms with Crippen molar-refractivity contribution in [1.82, 2.24) is 0 Å². The van der Waals surface area contributed by atoms with E-state index in [1.807, 2.05) is 20.8 Å². The molecule has 4 heteroatoms. The molecule has 3 nitrogen and oxygen atoms in total. The molecule has 0 aliphatic carbocycles. The zero-order chi connectivity index (χ0) is 20.4. The van der Waals surface area contributed by atoms with E-state index >= 15 is 0 Å². The highest BCUT2D eigenvalue weighted by atomic mass is 32.3. The third-order valence-electron chi connectivity index (χ3n) is 5.54. The van der Waals surface area contributed by atoms with Gasteiger partial charge in [0.05, 0.1) is 0 Å². The molecule has 0 radical (unpaired) electrons. The van der Waals surface area contributed by atoms with Gasteiger partial charge in [-0.15, -0.1) is 0 Å². The minimum Gasteiger partial charge on any atom is -0.455 e. The highest BCUT2D eigenvalue weighted by molar-refractivity contribution is 8.34. The van der Waals surface area contributed by atoms with E-state index in [0.717, 1.165) is 0 Å². The summed E-state index contributed by atoms with van der Waals surface area (Å²) in [5.41, 5.74) is 5.31. The molecular weight excluding hydrogens is 330 g/mol.